The van der Waals surface area contributed by atoms with Crippen molar-refractivity contribution in [1.82, 2.24) is 20.6 Å². The monoisotopic (exact) mass is 522 g/mol. The topological polar surface area (TPSA) is 97.3 Å². The van der Waals surface area contributed by atoms with Crippen LogP contribution in [0.5, 0.6) is 0 Å². The Morgan fingerprint density at radius 3 is 2.54 bits per heavy atom. The van der Waals surface area contributed by atoms with Gasteiger partial charge >= 0.3 is 0 Å². The molecule has 214 valence electrons. The zero-order valence-corrected chi connectivity index (χ0v) is 24.2. The number of rotatable bonds is 11. The van der Waals surface area contributed by atoms with Gasteiger partial charge in [0.05, 0.1) is 12.7 Å². The van der Waals surface area contributed by atoms with E-state index < -0.39 is 24.2 Å². The minimum absolute atomic E-state index is 0.0458. The average molecular weight is 523 g/mol. The fourth-order valence-electron chi connectivity index (χ4n) is 8.12. The molecule has 0 aromatic rings. The van der Waals surface area contributed by atoms with Crippen molar-refractivity contribution in [3.05, 3.63) is 0 Å². The molecule has 2 bridgehead atoms. The van der Waals surface area contributed by atoms with Crippen molar-refractivity contribution in [2.45, 2.75) is 90.5 Å². The molecule has 37 heavy (non-hydrogen) atoms. The maximum atomic E-state index is 13.8. The van der Waals surface area contributed by atoms with E-state index in [-0.39, 0.29) is 18.6 Å². The first-order chi connectivity index (χ1) is 17.5. The third kappa shape index (κ3) is 6.36. The summed E-state index contributed by atoms with van der Waals surface area (Å²) in [6.45, 7) is 12.3. The number of aliphatic hydroxyl groups excluding tert-OH is 2. The summed E-state index contributed by atoms with van der Waals surface area (Å²) in [5, 5.41) is 29.6. The van der Waals surface area contributed by atoms with Crippen LogP contribution >= 0.6 is 0 Å². The SMILES string of the molecule is C[C@@H]1[C@@H](NC(=O)[C@@H]2C([C@H](C)O)[C@H](CO)ON2CC2CCCC(CNCCN(C)C)C2)C[C@H]2C[C@@H]1C2(C)C. The molecule has 5 fully saturated rings. The predicted molar refractivity (Wildman–Crippen MR) is 146 cm³/mol. The number of amides is 1. The number of hydrogen-bond donors (Lipinski definition) is 4. The smallest absolute Gasteiger partial charge is 0.240 e. The van der Waals surface area contributed by atoms with Crippen molar-refractivity contribution in [3.63, 3.8) is 0 Å². The second-order valence-corrected chi connectivity index (χ2v) is 13.7. The summed E-state index contributed by atoms with van der Waals surface area (Å²) in [6, 6.07) is -0.407. The van der Waals surface area contributed by atoms with E-state index in [1.807, 2.05) is 5.06 Å². The average Bonchev–Trinajstić information content (AvgIpc) is 3.21. The Morgan fingerprint density at radius 1 is 1.19 bits per heavy atom. The van der Waals surface area contributed by atoms with Crippen LogP contribution in [0.15, 0.2) is 0 Å². The van der Waals surface area contributed by atoms with Crippen molar-refractivity contribution >= 4 is 5.91 Å². The van der Waals surface area contributed by atoms with E-state index in [0.717, 1.165) is 38.9 Å². The molecule has 5 rings (SSSR count). The number of aliphatic hydroxyl groups is 2. The predicted octanol–water partition coefficient (Wildman–Crippen LogP) is 2.10. The van der Waals surface area contributed by atoms with E-state index in [9.17, 15) is 15.0 Å². The number of carbonyl (C=O) groups excluding carboxylic acids is 1. The van der Waals surface area contributed by atoms with Gasteiger partial charge in [0.15, 0.2) is 0 Å². The van der Waals surface area contributed by atoms with Gasteiger partial charge in [-0.1, -0.05) is 27.2 Å². The zero-order valence-electron chi connectivity index (χ0n) is 24.2. The van der Waals surface area contributed by atoms with Gasteiger partial charge in [0.2, 0.25) is 5.91 Å². The molecule has 1 heterocycles. The van der Waals surface area contributed by atoms with Crippen LogP contribution in [-0.2, 0) is 9.63 Å². The Balaban J connectivity index is 1.39. The van der Waals surface area contributed by atoms with Crippen molar-refractivity contribution in [2.75, 3.05) is 46.9 Å². The highest BCUT2D eigenvalue weighted by Crippen LogP contribution is 2.61. The molecule has 0 radical (unpaired) electrons. The Bertz CT molecular complexity index is 762. The largest absolute Gasteiger partial charge is 0.394 e. The van der Waals surface area contributed by atoms with Crippen LogP contribution in [0.25, 0.3) is 0 Å². The number of likely N-dealkylation sites (N-methyl/N-ethyl adjacent to an activating group) is 1. The summed E-state index contributed by atoms with van der Waals surface area (Å²) in [5.74, 6) is 2.35. The van der Waals surface area contributed by atoms with E-state index in [1.54, 1.807) is 6.92 Å². The van der Waals surface area contributed by atoms with Gasteiger partial charge in [0, 0.05) is 31.6 Å². The molecule has 1 saturated heterocycles. The summed E-state index contributed by atoms with van der Waals surface area (Å²) >= 11 is 0. The molecule has 1 aliphatic heterocycles. The first-order valence-corrected chi connectivity index (χ1v) is 14.9. The summed E-state index contributed by atoms with van der Waals surface area (Å²) in [6.07, 6.45) is 5.68. The lowest BCUT2D eigenvalue weighted by Crippen LogP contribution is -2.62. The maximum Gasteiger partial charge on any atom is 0.240 e. The summed E-state index contributed by atoms with van der Waals surface area (Å²) in [7, 11) is 4.19. The van der Waals surface area contributed by atoms with E-state index in [0.29, 0.717) is 41.5 Å². The highest BCUT2D eigenvalue weighted by atomic mass is 16.7. The summed E-state index contributed by atoms with van der Waals surface area (Å²) in [4.78, 5) is 22.2. The van der Waals surface area contributed by atoms with E-state index in [1.165, 1.54) is 19.3 Å². The molecule has 4 N–H and O–H groups in total. The Labute approximate surface area is 224 Å². The minimum atomic E-state index is -0.742. The van der Waals surface area contributed by atoms with E-state index in [2.05, 4.69) is 50.4 Å². The molecule has 10 atom stereocenters. The molecule has 1 amide bonds. The number of carbonyl (C=O) groups is 1. The van der Waals surface area contributed by atoms with Gasteiger partial charge in [-0.05, 0) is 94.7 Å². The standard InChI is InChI=1S/C29H54N4O4/c1-18-23-13-22(29(23,3)4)14-24(18)31-28(36)27-26(19(2)35)25(17-34)37-33(27)16-21-9-7-8-20(12-21)15-30-10-11-32(5)6/h18-27,30,34-35H,7-17H2,1-6H3,(H,31,36)/t18-,19-,20?,21?,22+,23-,24-,25-,26?,27-/m0/s1. The molecule has 8 heteroatoms. The summed E-state index contributed by atoms with van der Waals surface area (Å²) < 4.78 is 0. The van der Waals surface area contributed by atoms with Gasteiger partial charge in [0.25, 0.3) is 0 Å². The van der Waals surface area contributed by atoms with Gasteiger partial charge < -0.3 is 25.7 Å². The first kappa shape index (κ1) is 29.2. The van der Waals surface area contributed by atoms with Crippen LogP contribution in [0.4, 0.5) is 0 Å². The molecule has 0 aromatic carbocycles. The fraction of sp³-hybridized carbons (Fsp3) is 0.966. The van der Waals surface area contributed by atoms with Crippen LogP contribution < -0.4 is 10.6 Å². The highest BCUT2D eigenvalue weighted by molar-refractivity contribution is 5.82. The first-order valence-electron chi connectivity index (χ1n) is 14.9. The van der Waals surface area contributed by atoms with E-state index in [4.69, 9.17) is 4.84 Å². The minimum Gasteiger partial charge on any atom is -0.394 e. The van der Waals surface area contributed by atoms with Crippen molar-refractivity contribution in [3.8, 4) is 0 Å². The Hall–Kier alpha value is -0.770. The lowest BCUT2D eigenvalue weighted by Gasteiger charge is -2.62. The van der Waals surface area contributed by atoms with Crippen LogP contribution in [0.3, 0.4) is 0 Å². The van der Waals surface area contributed by atoms with Crippen LogP contribution in [0.2, 0.25) is 0 Å². The number of hydrogen-bond acceptors (Lipinski definition) is 7. The van der Waals surface area contributed by atoms with Crippen LogP contribution in [-0.4, -0.2) is 97.3 Å². The fourth-order valence-corrected chi connectivity index (χ4v) is 8.12. The second-order valence-electron chi connectivity index (χ2n) is 13.7. The van der Waals surface area contributed by atoms with Crippen LogP contribution in [0, 0.1) is 40.9 Å². The number of fused-ring (bicyclic) bond motifs is 2. The third-order valence-electron chi connectivity index (χ3n) is 10.6. The zero-order chi connectivity index (χ0) is 26.9. The third-order valence-corrected chi connectivity index (χ3v) is 10.6. The quantitative estimate of drug-likeness (QED) is 0.309. The number of nitrogens with zero attached hydrogens (tertiary/aromatic N) is 2. The molecule has 5 aliphatic rings. The normalized spacial score (nSPS) is 40.4. The van der Waals surface area contributed by atoms with Crippen LogP contribution in [0.1, 0.15) is 66.2 Å². The molecule has 4 aliphatic carbocycles. The van der Waals surface area contributed by atoms with Crippen molar-refractivity contribution in [1.29, 1.82) is 0 Å². The molecular formula is C29H54N4O4. The van der Waals surface area contributed by atoms with E-state index >= 15 is 0 Å². The number of nitrogens with one attached hydrogen (secondary N) is 2. The summed E-state index contributed by atoms with van der Waals surface area (Å²) in [5.41, 5.74) is 0.367. The molecule has 0 aromatic heterocycles. The Morgan fingerprint density at radius 2 is 1.92 bits per heavy atom. The highest BCUT2D eigenvalue weighted by Gasteiger charge is 2.57. The lowest BCUT2D eigenvalue weighted by atomic mass is 9.45. The second kappa shape index (κ2) is 12.2. The molecule has 3 unspecified atom stereocenters. The van der Waals surface area contributed by atoms with Gasteiger partial charge in [0.1, 0.15) is 12.1 Å². The Kier molecular flexibility index (Phi) is 9.61. The molecule has 4 saturated carbocycles. The molecule has 0 spiro atoms. The van der Waals surface area contributed by atoms with Gasteiger partial charge in [-0.15, -0.1) is 0 Å². The molecule has 8 nitrogen and oxygen atoms in total. The van der Waals surface area contributed by atoms with Gasteiger partial charge in [-0.3, -0.25) is 9.63 Å². The van der Waals surface area contributed by atoms with Crippen molar-refractivity contribution in [2.24, 2.45) is 40.9 Å². The van der Waals surface area contributed by atoms with Crippen molar-refractivity contribution < 1.29 is 19.8 Å². The number of hydroxylamine groups is 2. The van der Waals surface area contributed by atoms with Gasteiger partial charge in [-0.2, -0.15) is 5.06 Å². The maximum absolute atomic E-state index is 13.8. The lowest BCUT2D eigenvalue weighted by molar-refractivity contribution is -0.184. The van der Waals surface area contributed by atoms with Gasteiger partial charge in [-0.25, -0.2) is 0 Å². The molecular weight excluding hydrogens is 468 g/mol.